The topological polar surface area (TPSA) is 115 Å². The normalized spacial score (nSPS) is 16.6. The Hall–Kier alpha value is -3.37. The minimum absolute atomic E-state index is 0.117. The number of ether oxygens (including phenoxy) is 3. The zero-order valence-corrected chi connectivity index (χ0v) is 20.3. The van der Waals surface area contributed by atoms with E-state index in [-0.39, 0.29) is 17.0 Å². The summed E-state index contributed by atoms with van der Waals surface area (Å²) in [5.74, 6) is 1.24. The molecule has 0 fully saturated rings. The number of rotatable bonds is 9. The van der Waals surface area contributed by atoms with Crippen molar-refractivity contribution in [1.29, 1.82) is 0 Å². The van der Waals surface area contributed by atoms with Crippen molar-refractivity contribution in [2.24, 2.45) is 0 Å². The number of nitrogens with zero attached hydrogens (tertiary/aromatic N) is 2. The maximum atomic E-state index is 11.6. The summed E-state index contributed by atoms with van der Waals surface area (Å²) in [4.78, 5) is 11.5. The fourth-order valence-electron chi connectivity index (χ4n) is 3.61. The summed E-state index contributed by atoms with van der Waals surface area (Å²) in [5.41, 5.74) is 3.84. The van der Waals surface area contributed by atoms with Gasteiger partial charge in [-0.3, -0.25) is 0 Å². The maximum Gasteiger partial charge on any atom is 0.237 e. The molecule has 0 radical (unpaired) electrons. The highest BCUT2D eigenvalue weighted by Crippen LogP contribution is 2.33. The van der Waals surface area contributed by atoms with E-state index >= 15 is 0 Å². The number of nitrogens with one attached hydrogen (secondary N) is 2. The van der Waals surface area contributed by atoms with E-state index in [9.17, 15) is 8.42 Å². The van der Waals surface area contributed by atoms with Crippen LogP contribution in [0.1, 0.15) is 26.0 Å². The highest BCUT2D eigenvalue weighted by Gasteiger charge is 2.16. The summed E-state index contributed by atoms with van der Waals surface area (Å²) >= 11 is 0. The first-order chi connectivity index (χ1) is 16.2. The van der Waals surface area contributed by atoms with E-state index in [4.69, 9.17) is 14.2 Å². The van der Waals surface area contributed by atoms with Gasteiger partial charge in [0.15, 0.2) is 14.9 Å². The fraction of sp³-hybridized carbons (Fsp3) is 0.333. The number of H-pyrrole nitrogens is 1. The van der Waals surface area contributed by atoms with Crippen LogP contribution >= 0.6 is 0 Å². The van der Waals surface area contributed by atoms with E-state index in [0.29, 0.717) is 24.1 Å². The summed E-state index contributed by atoms with van der Waals surface area (Å²) < 4.78 is 40.4. The maximum absolute atomic E-state index is 11.6. The van der Waals surface area contributed by atoms with E-state index < -0.39 is 9.84 Å². The predicted octanol–water partition coefficient (Wildman–Crippen LogP) is 3.80. The van der Waals surface area contributed by atoms with E-state index in [1.807, 2.05) is 31.2 Å². The van der Waals surface area contributed by atoms with Gasteiger partial charge in [-0.2, -0.15) is 0 Å². The lowest BCUT2D eigenvalue weighted by Crippen LogP contribution is -2.18. The third-order valence-corrected chi connectivity index (χ3v) is 6.16. The summed E-state index contributed by atoms with van der Waals surface area (Å²) in [6, 6.07) is 9.97. The number of hydrogen-bond acceptors (Lipinski definition) is 8. The highest BCUT2D eigenvalue weighted by molar-refractivity contribution is 7.90. The first-order valence-corrected chi connectivity index (χ1v) is 12.8. The lowest BCUT2D eigenvalue weighted by Gasteiger charge is -2.16. The molecule has 180 valence electrons. The Morgan fingerprint density at radius 2 is 1.88 bits per heavy atom. The van der Waals surface area contributed by atoms with Crippen LogP contribution in [0.5, 0.6) is 17.4 Å². The van der Waals surface area contributed by atoms with Crippen LogP contribution in [-0.4, -0.2) is 55.5 Å². The zero-order valence-electron chi connectivity index (χ0n) is 19.5. The van der Waals surface area contributed by atoms with Gasteiger partial charge in [-0.1, -0.05) is 6.08 Å². The number of aromatic amines is 1. The van der Waals surface area contributed by atoms with Crippen LogP contribution < -0.4 is 14.8 Å². The minimum atomic E-state index is -3.44. The SMILES string of the molecule is COC[C@H](C)Oc1cc(Oc2cnc(S(C)(=O)=O)cn2)cc(-c2ccc(C3=CC[C@H](C)N3)[nH]2)c1. The fourth-order valence-corrected chi connectivity index (χ4v) is 4.10. The Morgan fingerprint density at radius 3 is 2.53 bits per heavy atom. The Kier molecular flexibility index (Phi) is 6.90. The second-order valence-electron chi connectivity index (χ2n) is 8.33. The van der Waals surface area contributed by atoms with Crippen LogP contribution in [0.15, 0.2) is 53.8 Å². The molecule has 0 saturated carbocycles. The van der Waals surface area contributed by atoms with Gasteiger partial charge < -0.3 is 24.5 Å². The van der Waals surface area contributed by atoms with Crippen molar-refractivity contribution < 1.29 is 22.6 Å². The van der Waals surface area contributed by atoms with Crippen molar-refractivity contribution in [3.05, 3.63) is 54.5 Å². The summed E-state index contributed by atoms with van der Waals surface area (Å²) in [5, 5.41) is 3.34. The number of methoxy groups -OCH3 is 1. The largest absolute Gasteiger partial charge is 0.488 e. The van der Waals surface area contributed by atoms with E-state index in [2.05, 4.69) is 33.3 Å². The quantitative estimate of drug-likeness (QED) is 0.471. The van der Waals surface area contributed by atoms with Gasteiger partial charge in [0.1, 0.15) is 17.6 Å². The van der Waals surface area contributed by atoms with E-state index in [0.717, 1.165) is 35.3 Å². The van der Waals surface area contributed by atoms with E-state index in [1.54, 1.807) is 13.2 Å². The van der Waals surface area contributed by atoms with Gasteiger partial charge in [0.25, 0.3) is 0 Å². The monoisotopic (exact) mass is 484 g/mol. The average Bonchev–Trinajstić information content (AvgIpc) is 3.43. The molecule has 0 saturated heterocycles. The molecule has 3 aromatic rings. The van der Waals surface area contributed by atoms with Gasteiger partial charge in [0.05, 0.1) is 30.4 Å². The lowest BCUT2D eigenvalue weighted by molar-refractivity contribution is 0.0920. The van der Waals surface area contributed by atoms with Gasteiger partial charge >= 0.3 is 0 Å². The Morgan fingerprint density at radius 1 is 1.12 bits per heavy atom. The molecule has 2 atom stereocenters. The van der Waals surface area contributed by atoms with Crippen LogP contribution in [0.25, 0.3) is 17.0 Å². The molecule has 10 heteroatoms. The predicted molar refractivity (Wildman–Crippen MR) is 129 cm³/mol. The van der Waals surface area contributed by atoms with Crippen molar-refractivity contribution in [2.75, 3.05) is 20.0 Å². The van der Waals surface area contributed by atoms with Crippen molar-refractivity contribution in [3.8, 4) is 28.6 Å². The third kappa shape index (κ3) is 5.75. The summed E-state index contributed by atoms with van der Waals surface area (Å²) in [6.07, 6.45) is 6.53. The molecule has 4 rings (SSSR count). The van der Waals surface area contributed by atoms with Crippen LogP contribution in [0.4, 0.5) is 0 Å². The molecule has 0 amide bonds. The molecule has 2 N–H and O–H groups in total. The van der Waals surface area contributed by atoms with Crippen LogP contribution in [0, 0.1) is 0 Å². The summed E-state index contributed by atoms with van der Waals surface area (Å²) in [6.45, 7) is 4.49. The Labute approximate surface area is 199 Å². The van der Waals surface area contributed by atoms with Crippen molar-refractivity contribution in [1.82, 2.24) is 20.3 Å². The van der Waals surface area contributed by atoms with Crippen molar-refractivity contribution >= 4 is 15.5 Å². The molecule has 1 aliphatic heterocycles. The molecule has 0 aliphatic carbocycles. The van der Waals surface area contributed by atoms with Gasteiger partial charge in [-0.25, -0.2) is 18.4 Å². The van der Waals surface area contributed by atoms with Crippen molar-refractivity contribution in [2.45, 2.75) is 37.4 Å². The molecule has 9 nitrogen and oxygen atoms in total. The van der Waals surface area contributed by atoms with Crippen LogP contribution in [0.2, 0.25) is 0 Å². The van der Waals surface area contributed by atoms with E-state index in [1.165, 1.54) is 12.4 Å². The first kappa shape index (κ1) is 23.8. The van der Waals surface area contributed by atoms with Gasteiger partial charge in [0, 0.05) is 36.7 Å². The zero-order chi connectivity index (χ0) is 24.3. The first-order valence-electron chi connectivity index (χ1n) is 10.9. The van der Waals surface area contributed by atoms with Gasteiger partial charge in [-0.05, 0) is 44.5 Å². The van der Waals surface area contributed by atoms with Gasteiger partial charge in [0.2, 0.25) is 5.88 Å². The molecule has 3 heterocycles. The molecular formula is C24H28N4O5S. The Balaban J connectivity index is 1.64. The minimum Gasteiger partial charge on any atom is -0.488 e. The summed E-state index contributed by atoms with van der Waals surface area (Å²) in [7, 11) is -1.82. The molecule has 34 heavy (non-hydrogen) atoms. The third-order valence-electron chi connectivity index (χ3n) is 5.19. The number of benzene rings is 1. The van der Waals surface area contributed by atoms with Gasteiger partial charge in [-0.15, -0.1) is 0 Å². The molecular weight excluding hydrogens is 456 g/mol. The van der Waals surface area contributed by atoms with Crippen LogP contribution in [-0.2, 0) is 14.6 Å². The average molecular weight is 485 g/mol. The molecule has 0 spiro atoms. The Bertz CT molecular complexity index is 1280. The number of sulfone groups is 1. The van der Waals surface area contributed by atoms with Crippen LogP contribution in [0.3, 0.4) is 0 Å². The lowest BCUT2D eigenvalue weighted by atomic mass is 10.1. The second kappa shape index (κ2) is 9.86. The number of aromatic nitrogens is 3. The molecule has 1 aliphatic rings. The standard InChI is InChI=1S/C24H28N4O5S/c1-15-5-6-21(27-15)22-8-7-20(28-22)17-9-18(32-16(2)14-31-3)11-19(10-17)33-23-12-26-24(13-25-23)34(4,29)30/h6-13,15-16,27-28H,5,14H2,1-4H3/t15-,16-/m0/s1. The molecule has 0 bridgehead atoms. The molecule has 0 unspecified atom stereocenters. The highest BCUT2D eigenvalue weighted by atomic mass is 32.2. The number of hydrogen-bond donors (Lipinski definition) is 2. The smallest absolute Gasteiger partial charge is 0.237 e. The van der Waals surface area contributed by atoms with Crippen molar-refractivity contribution in [3.63, 3.8) is 0 Å². The molecule has 2 aromatic heterocycles. The molecule has 1 aromatic carbocycles. The second-order valence-corrected chi connectivity index (χ2v) is 10.3.